The molecule has 1 aliphatic heterocycles. The van der Waals surface area contributed by atoms with Crippen molar-refractivity contribution >= 4 is 23.2 Å². The van der Waals surface area contributed by atoms with Crippen LogP contribution in [0.5, 0.6) is 5.75 Å². The fourth-order valence-electron chi connectivity index (χ4n) is 1.90. The minimum atomic E-state index is -0.317. The van der Waals surface area contributed by atoms with E-state index in [4.69, 9.17) is 16.3 Å². The Morgan fingerprint density at radius 2 is 2.16 bits per heavy atom. The zero-order valence-electron chi connectivity index (χ0n) is 9.89. The maximum Gasteiger partial charge on any atom is 0.276 e. The van der Waals surface area contributed by atoms with Crippen LogP contribution in [-0.2, 0) is 6.42 Å². The molecule has 6 heteroatoms. The van der Waals surface area contributed by atoms with E-state index in [-0.39, 0.29) is 16.8 Å². The standard InChI is InChI=1S/C13H10ClN3O2/c14-12-4-2-10(16-17-12)13(18)15-9-1-3-11-8(7-9)5-6-19-11/h1-4,7H,5-6H2,(H,15,18). The summed E-state index contributed by atoms with van der Waals surface area (Å²) in [5.74, 6) is 0.562. The highest BCUT2D eigenvalue weighted by Gasteiger charge is 2.14. The van der Waals surface area contributed by atoms with E-state index in [2.05, 4.69) is 15.5 Å². The Labute approximate surface area is 114 Å². The van der Waals surface area contributed by atoms with Crippen molar-refractivity contribution in [1.29, 1.82) is 0 Å². The fraction of sp³-hybridized carbons (Fsp3) is 0.154. The number of nitrogens with zero attached hydrogens (tertiary/aromatic N) is 2. The molecule has 5 nitrogen and oxygen atoms in total. The second-order valence-corrected chi connectivity index (χ2v) is 4.50. The molecular formula is C13H10ClN3O2. The van der Waals surface area contributed by atoms with Gasteiger partial charge in [0.2, 0.25) is 0 Å². The molecule has 0 saturated heterocycles. The molecule has 1 amide bonds. The molecule has 0 fully saturated rings. The van der Waals surface area contributed by atoms with Crippen LogP contribution in [0.1, 0.15) is 16.1 Å². The van der Waals surface area contributed by atoms with Crippen LogP contribution in [0.25, 0.3) is 0 Å². The number of halogens is 1. The van der Waals surface area contributed by atoms with Crippen molar-refractivity contribution in [2.75, 3.05) is 11.9 Å². The smallest absolute Gasteiger partial charge is 0.276 e. The molecule has 19 heavy (non-hydrogen) atoms. The number of aromatic nitrogens is 2. The van der Waals surface area contributed by atoms with E-state index < -0.39 is 0 Å². The first kappa shape index (κ1) is 11.9. The normalized spacial score (nSPS) is 12.7. The monoisotopic (exact) mass is 275 g/mol. The lowest BCUT2D eigenvalue weighted by molar-refractivity contribution is 0.102. The first-order valence-electron chi connectivity index (χ1n) is 5.79. The summed E-state index contributed by atoms with van der Waals surface area (Å²) in [5, 5.41) is 10.4. The van der Waals surface area contributed by atoms with Crippen LogP contribution in [0.4, 0.5) is 5.69 Å². The Balaban J connectivity index is 1.77. The van der Waals surface area contributed by atoms with Crippen molar-refractivity contribution in [2.24, 2.45) is 0 Å². The lowest BCUT2D eigenvalue weighted by Gasteiger charge is -2.06. The number of hydrogen-bond donors (Lipinski definition) is 1. The Bertz CT molecular complexity index is 628. The third-order valence-corrected chi connectivity index (χ3v) is 3.01. The quantitative estimate of drug-likeness (QED) is 0.913. The summed E-state index contributed by atoms with van der Waals surface area (Å²) in [7, 11) is 0. The number of fused-ring (bicyclic) bond motifs is 1. The maximum absolute atomic E-state index is 11.9. The van der Waals surface area contributed by atoms with Crippen LogP contribution in [0.2, 0.25) is 5.15 Å². The van der Waals surface area contributed by atoms with Crippen LogP contribution in [0.3, 0.4) is 0 Å². The highest BCUT2D eigenvalue weighted by atomic mass is 35.5. The number of anilines is 1. The Hall–Kier alpha value is -2.14. The van der Waals surface area contributed by atoms with E-state index in [1.165, 1.54) is 12.1 Å². The van der Waals surface area contributed by atoms with Crippen LogP contribution < -0.4 is 10.1 Å². The van der Waals surface area contributed by atoms with Gasteiger partial charge in [0, 0.05) is 12.1 Å². The average molecular weight is 276 g/mol. The van der Waals surface area contributed by atoms with Crippen LogP contribution in [-0.4, -0.2) is 22.7 Å². The van der Waals surface area contributed by atoms with Gasteiger partial charge >= 0.3 is 0 Å². The molecule has 0 bridgehead atoms. The molecule has 3 rings (SSSR count). The third kappa shape index (κ3) is 2.51. The summed E-state index contributed by atoms with van der Waals surface area (Å²) in [6.07, 6.45) is 0.861. The third-order valence-electron chi connectivity index (χ3n) is 2.81. The van der Waals surface area contributed by atoms with Crippen LogP contribution in [0.15, 0.2) is 30.3 Å². The molecule has 0 spiro atoms. The van der Waals surface area contributed by atoms with Gasteiger partial charge in [0.1, 0.15) is 5.75 Å². The highest BCUT2D eigenvalue weighted by Crippen LogP contribution is 2.27. The summed E-state index contributed by atoms with van der Waals surface area (Å²) >= 11 is 5.62. The van der Waals surface area contributed by atoms with Gasteiger partial charge in [-0.05, 0) is 35.9 Å². The van der Waals surface area contributed by atoms with Gasteiger partial charge < -0.3 is 10.1 Å². The van der Waals surface area contributed by atoms with Crippen molar-refractivity contribution in [3.8, 4) is 5.75 Å². The molecule has 96 valence electrons. The van der Waals surface area contributed by atoms with E-state index in [1.54, 1.807) is 6.07 Å². The molecule has 2 heterocycles. The van der Waals surface area contributed by atoms with Gasteiger partial charge in [-0.2, -0.15) is 0 Å². The molecule has 0 atom stereocenters. The highest BCUT2D eigenvalue weighted by molar-refractivity contribution is 6.29. The number of amides is 1. The first-order valence-corrected chi connectivity index (χ1v) is 6.16. The largest absolute Gasteiger partial charge is 0.493 e. The van der Waals surface area contributed by atoms with Crippen molar-refractivity contribution in [1.82, 2.24) is 10.2 Å². The van der Waals surface area contributed by atoms with Gasteiger partial charge in [-0.3, -0.25) is 4.79 Å². The van der Waals surface area contributed by atoms with E-state index in [1.807, 2.05) is 12.1 Å². The second-order valence-electron chi connectivity index (χ2n) is 4.12. The van der Waals surface area contributed by atoms with Crippen molar-refractivity contribution in [2.45, 2.75) is 6.42 Å². The number of carbonyl (C=O) groups is 1. The Morgan fingerprint density at radius 1 is 1.26 bits per heavy atom. The second kappa shape index (κ2) is 4.85. The van der Waals surface area contributed by atoms with E-state index in [0.29, 0.717) is 12.3 Å². The molecule has 1 aromatic carbocycles. The van der Waals surface area contributed by atoms with Crippen LogP contribution >= 0.6 is 11.6 Å². The van der Waals surface area contributed by atoms with E-state index >= 15 is 0 Å². The predicted molar refractivity (Wildman–Crippen MR) is 70.6 cm³/mol. The van der Waals surface area contributed by atoms with E-state index in [0.717, 1.165) is 17.7 Å². The summed E-state index contributed by atoms with van der Waals surface area (Å²) in [6.45, 7) is 0.690. The molecule has 1 aromatic heterocycles. The molecule has 1 aliphatic rings. The molecule has 0 saturated carbocycles. The van der Waals surface area contributed by atoms with Crippen molar-refractivity contribution in [3.05, 3.63) is 46.7 Å². The SMILES string of the molecule is O=C(Nc1ccc2c(c1)CCO2)c1ccc(Cl)nn1. The number of hydrogen-bond acceptors (Lipinski definition) is 4. The van der Waals surface area contributed by atoms with Gasteiger partial charge in [0.05, 0.1) is 6.61 Å². The summed E-state index contributed by atoms with van der Waals surface area (Å²) in [6, 6.07) is 8.61. The van der Waals surface area contributed by atoms with Crippen molar-refractivity contribution < 1.29 is 9.53 Å². The minimum Gasteiger partial charge on any atom is -0.493 e. The zero-order valence-corrected chi connectivity index (χ0v) is 10.6. The first-order chi connectivity index (χ1) is 9.22. The number of carbonyl (C=O) groups excluding carboxylic acids is 1. The average Bonchev–Trinajstić information content (AvgIpc) is 2.87. The Morgan fingerprint density at radius 3 is 2.95 bits per heavy atom. The molecule has 0 aliphatic carbocycles. The topological polar surface area (TPSA) is 64.1 Å². The van der Waals surface area contributed by atoms with Gasteiger partial charge in [-0.15, -0.1) is 10.2 Å². The van der Waals surface area contributed by atoms with Gasteiger partial charge in [0.15, 0.2) is 10.8 Å². The van der Waals surface area contributed by atoms with E-state index in [9.17, 15) is 4.79 Å². The zero-order chi connectivity index (χ0) is 13.2. The lowest BCUT2D eigenvalue weighted by Crippen LogP contribution is -2.14. The molecular weight excluding hydrogens is 266 g/mol. The molecule has 0 unspecified atom stereocenters. The predicted octanol–water partition coefficient (Wildman–Crippen LogP) is 2.32. The Kier molecular flexibility index (Phi) is 3.05. The fourth-order valence-corrected chi connectivity index (χ4v) is 2.00. The number of nitrogens with one attached hydrogen (secondary N) is 1. The lowest BCUT2D eigenvalue weighted by atomic mass is 10.1. The summed E-state index contributed by atoms with van der Waals surface area (Å²) < 4.78 is 5.41. The van der Waals surface area contributed by atoms with Gasteiger partial charge in [-0.1, -0.05) is 11.6 Å². The van der Waals surface area contributed by atoms with Gasteiger partial charge in [0.25, 0.3) is 5.91 Å². The molecule has 2 aromatic rings. The molecule has 0 radical (unpaired) electrons. The van der Waals surface area contributed by atoms with Crippen LogP contribution in [0, 0.1) is 0 Å². The summed E-state index contributed by atoms with van der Waals surface area (Å²) in [4.78, 5) is 11.9. The molecule has 1 N–H and O–H groups in total. The summed E-state index contributed by atoms with van der Waals surface area (Å²) in [5.41, 5.74) is 2.03. The van der Waals surface area contributed by atoms with Gasteiger partial charge in [-0.25, -0.2) is 0 Å². The minimum absolute atomic E-state index is 0.223. The maximum atomic E-state index is 11.9. The number of rotatable bonds is 2. The number of ether oxygens (including phenoxy) is 1. The number of benzene rings is 1. The van der Waals surface area contributed by atoms with Crippen molar-refractivity contribution in [3.63, 3.8) is 0 Å².